The molecule has 0 aromatic carbocycles. The van der Waals surface area contributed by atoms with E-state index in [1.165, 1.54) is 154 Å². The van der Waals surface area contributed by atoms with Gasteiger partial charge in [-0.2, -0.15) is 0 Å². The van der Waals surface area contributed by atoms with E-state index >= 15 is 0 Å². The number of ether oxygens (including phenoxy) is 3. The molecule has 0 aliphatic rings. The Morgan fingerprint density at radius 1 is 0.267 bits per heavy atom. The van der Waals surface area contributed by atoms with Gasteiger partial charge in [-0.25, -0.2) is 0 Å². The SMILES string of the molecule is CCCCC/C=C\C/C=C\C/C=C\C/C=C\C/C=C\CCC(=O)OC[C@H](COC(=O)CCCCCCCCCCCCCCCCCCCCC)OC(=O)CC/C=C\C/C=C\C/C=C\C/C=C\C/C=C\CCCCC. The van der Waals surface area contributed by atoms with Gasteiger partial charge >= 0.3 is 17.9 Å². The van der Waals surface area contributed by atoms with E-state index in [9.17, 15) is 14.4 Å². The molecule has 0 aliphatic carbocycles. The highest BCUT2D eigenvalue weighted by molar-refractivity contribution is 5.71. The van der Waals surface area contributed by atoms with Gasteiger partial charge in [0.1, 0.15) is 13.2 Å². The monoisotopic (exact) mass is 1040 g/mol. The third kappa shape index (κ3) is 60.6. The van der Waals surface area contributed by atoms with Crippen molar-refractivity contribution in [1.29, 1.82) is 0 Å². The lowest BCUT2D eigenvalue weighted by Crippen LogP contribution is -2.30. The first-order chi connectivity index (χ1) is 37.0. The molecular weight excluding hydrogens is 925 g/mol. The summed E-state index contributed by atoms with van der Waals surface area (Å²) in [5.74, 6) is -1.10. The molecular formula is C69H114O6. The van der Waals surface area contributed by atoms with E-state index in [4.69, 9.17) is 14.2 Å². The molecule has 0 spiro atoms. The van der Waals surface area contributed by atoms with Crippen molar-refractivity contribution in [3.63, 3.8) is 0 Å². The van der Waals surface area contributed by atoms with Crippen LogP contribution in [0.25, 0.3) is 0 Å². The van der Waals surface area contributed by atoms with Gasteiger partial charge in [0.25, 0.3) is 0 Å². The fourth-order valence-corrected chi connectivity index (χ4v) is 8.29. The van der Waals surface area contributed by atoms with Crippen molar-refractivity contribution >= 4 is 17.9 Å². The van der Waals surface area contributed by atoms with E-state index in [0.717, 1.165) is 70.6 Å². The van der Waals surface area contributed by atoms with Crippen molar-refractivity contribution in [3.8, 4) is 0 Å². The Bertz CT molecular complexity index is 1570. The number of hydrogen-bond acceptors (Lipinski definition) is 6. The molecule has 75 heavy (non-hydrogen) atoms. The molecule has 0 aromatic rings. The van der Waals surface area contributed by atoms with Crippen LogP contribution in [0.2, 0.25) is 0 Å². The minimum atomic E-state index is -0.851. The third-order valence-corrected chi connectivity index (χ3v) is 13.0. The van der Waals surface area contributed by atoms with E-state index in [-0.39, 0.29) is 38.0 Å². The molecule has 1 atom stereocenters. The molecule has 0 bridgehead atoms. The zero-order valence-electron chi connectivity index (χ0n) is 48.8. The van der Waals surface area contributed by atoms with Gasteiger partial charge in [-0.05, 0) is 96.3 Å². The average Bonchev–Trinajstić information content (AvgIpc) is 3.41. The van der Waals surface area contributed by atoms with Crippen LogP contribution in [0.4, 0.5) is 0 Å². The van der Waals surface area contributed by atoms with Crippen LogP contribution in [-0.4, -0.2) is 37.2 Å². The lowest BCUT2D eigenvalue weighted by molar-refractivity contribution is -0.166. The molecule has 0 aliphatic heterocycles. The van der Waals surface area contributed by atoms with Crippen LogP contribution < -0.4 is 0 Å². The molecule has 0 fully saturated rings. The van der Waals surface area contributed by atoms with Crippen molar-refractivity contribution in [2.45, 2.75) is 284 Å². The van der Waals surface area contributed by atoms with E-state index in [2.05, 4.69) is 124 Å². The number of unbranched alkanes of at least 4 members (excludes halogenated alkanes) is 24. The summed E-state index contributed by atoms with van der Waals surface area (Å²) in [6.07, 6.45) is 86.5. The standard InChI is InChI=1S/C69H114O6/c1-4-7-10-13-16-19-22-25-28-31-34-37-40-43-46-49-52-55-58-61-67(70)73-64-66(75-69(72)63-60-57-54-51-48-45-42-39-36-33-30-27-24-21-18-15-12-9-6-3)65-74-68(71)62-59-56-53-50-47-44-41-38-35-32-29-26-23-20-17-14-11-8-5-2/h16,18-19,21,25,27-28,30,34,36-37,39,43,45-46,48,52,54-55,57,66H,4-15,17,20,22-24,26,29,31-33,35,38,40-42,44,47,49-51,53,56,58-65H2,1-3H3/b19-16-,21-18-,28-25-,30-27-,37-34-,39-36-,46-43-,48-45-,55-52-,57-54-/t66-/m1/s1. The van der Waals surface area contributed by atoms with Gasteiger partial charge in [0.15, 0.2) is 6.10 Å². The summed E-state index contributed by atoms with van der Waals surface area (Å²) < 4.78 is 16.8. The molecule has 0 N–H and O–H groups in total. The highest BCUT2D eigenvalue weighted by Gasteiger charge is 2.19. The van der Waals surface area contributed by atoms with Gasteiger partial charge in [0.05, 0.1) is 0 Å². The van der Waals surface area contributed by atoms with E-state index in [1.54, 1.807) is 0 Å². The van der Waals surface area contributed by atoms with Gasteiger partial charge in [-0.3, -0.25) is 14.4 Å². The molecule has 6 heteroatoms. The minimum Gasteiger partial charge on any atom is -0.462 e. The number of carbonyl (C=O) groups is 3. The molecule has 0 saturated heterocycles. The Labute approximate surface area is 462 Å². The summed E-state index contributed by atoms with van der Waals surface area (Å²) in [5.41, 5.74) is 0. The highest BCUT2D eigenvalue weighted by Crippen LogP contribution is 2.16. The second kappa shape index (κ2) is 62.4. The fraction of sp³-hybridized carbons (Fsp3) is 0.667. The largest absolute Gasteiger partial charge is 0.462 e. The first kappa shape index (κ1) is 70.8. The van der Waals surface area contributed by atoms with Crippen molar-refractivity contribution in [1.82, 2.24) is 0 Å². The number of allylic oxidation sites excluding steroid dienone is 20. The maximum Gasteiger partial charge on any atom is 0.306 e. The van der Waals surface area contributed by atoms with Crippen molar-refractivity contribution in [3.05, 3.63) is 122 Å². The van der Waals surface area contributed by atoms with Crippen molar-refractivity contribution < 1.29 is 28.6 Å². The fourth-order valence-electron chi connectivity index (χ4n) is 8.29. The Kier molecular flexibility index (Phi) is 58.9. The molecule has 0 aromatic heterocycles. The van der Waals surface area contributed by atoms with Crippen LogP contribution in [0.5, 0.6) is 0 Å². The summed E-state index contributed by atoms with van der Waals surface area (Å²) in [6.45, 7) is 6.48. The van der Waals surface area contributed by atoms with Crippen LogP contribution in [0, 0.1) is 0 Å². The zero-order chi connectivity index (χ0) is 54.3. The topological polar surface area (TPSA) is 78.9 Å². The maximum absolute atomic E-state index is 12.9. The van der Waals surface area contributed by atoms with Crippen molar-refractivity contribution in [2.24, 2.45) is 0 Å². The second-order valence-corrected chi connectivity index (χ2v) is 20.3. The van der Waals surface area contributed by atoms with Gasteiger partial charge in [0.2, 0.25) is 0 Å². The molecule has 0 heterocycles. The summed E-state index contributed by atoms with van der Waals surface area (Å²) in [7, 11) is 0. The Balaban J connectivity index is 4.59. The molecule has 0 radical (unpaired) electrons. The van der Waals surface area contributed by atoms with E-state index in [0.29, 0.717) is 19.3 Å². The van der Waals surface area contributed by atoms with Gasteiger partial charge in [-0.1, -0.05) is 284 Å². The lowest BCUT2D eigenvalue weighted by atomic mass is 10.0. The molecule has 0 rings (SSSR count). The Morgan fingerprint density at radius 2 is 0.507 bits per heavy atom. The smallest absolute Gasteiger partial charge is 0.306 e. The zero-order valence-corrected chi connectivity index (χ0v) is 48.8. The normalized spacial score (nSPS) is 12.9. The lowest BCUT2D eigenvalue weighted by Gasteiger charge is -2.18. The minimum absolute atomic E-state index is 0.131. The van der Waals surface area contributed by atoms with Gasteiger partial charge < -0.3 is 14.2 Å². The number of esters is 3. The van der Waals surface area contributed by atoms with Crippen LogP contribution in [0.1, 0.15) is 278 Å². The predicted molar refractivity (Wildman–Crippen MR) is 325 cm³/mol. The molecule has 0 saturated carbocycles. The van der Waals surface area contributed by atoms with Crippen LogP contribution in [0.15, 0.2) is 122 Å². The number of rotatable bonds is 55. The third-order valence-electron chi connectivity index (χ3n) is 13.0. The van der Waals surface area contributed by atoms with Crippen molar-refractivity contribution in [2.75, 3.05) is 13.2 Å². The van der Waals surface area contributed by atoms with Gasteiger partial charge in [-0.15, -0.1) is 0 Å². The van der Waals surface area contributed by atoms with E-state index in [1.807, 2.05) is 18.2 Å². The maximum atomic E-state index is 12.9. The predicted octanol–water partition coefficient (Wildman–Crippen LogP) is 21.2. The highest BCUT2D eigenvalue weighted by atomic mass is 16.6. The molecule has 6 nitrogen and oxygen atoms in total. The van der Waals surface area contributed by atoms with Crippen LogP contribution in [-0.2, 0) is 28.6 Å². The summed E-state index contributed by atoms with van der Waals surface area (Å²) in [5, 5.41) is 0. The second-order valence-electron chi connectivity index (χ2n) is 20.3. The number of carbonyl (C=O) groups excluding carboxylic acids is 3. The summed E-state index contributed by atoms with van der Waals surface area (Å²) in [4.78, 5) is 38.2. The van der Waals surface area contributed by atoms with Crippen LogP contribution in [0.3, 0.4) is 0 Å². The van der Waals surface area contributed by atoms with Gasteiger partial charge in [0, 0.05) is 19.3 Å². The summed E-state index contributed by atoms with van der Waals surface area (Å²) >= 11 is 0. The quantitative estimate of drug-likeness (QED) is 0.0261. The number of hydrogen-bond donors (Lipinski definition) is 0. The molecule has 0 unspecified atom stereocenters. The Hall–Kier alpha value is -4.19. The first-order valence-corrected chi connectivity index (χ1v) is 31.0. The van der Waals surface area contributed by atoms with E-state index < -0.39 is 12.1 Å². The first-order valence-electron chi connectivity index (χ1n) is 31.0. The molecule has 426 valence electrons. The molecule has 0 amide bonds. The van der Waals surface area contributed by atoms with Crippen LogP contribution >= 0.6 is 0 Å². The average molecular weight is 1040 g/mol. The summed E-state index contributed by atoms with van der Waals surface area (Å²) in [6, 6.07) is 0. The Morgan fingerprint density at radius 3 is 0.827 bits per heavy atom.